The van der Waals surface area contributed by atoms with E-state index in [1.807, 2.05) is 0 Å². The highest BCUT2D eigenvalue weighted by Gasteiger charge is 2.07. The highest BCUT2D eigenvalue weighted by Crippen LogP contribution is 2.19. The van der Waals surface area contributed by atoms with Crippen LogP contribution in [-0.4, -0.2) is 6.04 Å². The summed E-state index contributed by atoms with van der Waals surface area (Å²) in [5.41, 5.74) is 6.20. The fourth-order valence-electron chi connectivity index (χ4n) is 3.10. The molecule has 1 heteroatoms. The summed E-state index contributed by atoms with van der Waals surface area (Å²) < 4.78 is 0. The van der Waals surface area contributed by atoms with E-state index in [9.17, 15) is 0 Å². The van der Waals surface area contributed by atoms with Crippen molar-refractivity contribution in [1.29, 1.82) is 0 Å². The van der Waals surface area contributed by atoms with Gasteiger partial charge in [-0.25, -0.2) is 0 Å². The van der Waals surface area contributed by atoms with Crippen molar-refractivity contribution in [2.45, 2.75) is 103 Å². The first kappa shape index (κ1) is 16.0. The predicted octanol–water partition coefficient (Wildman–Crippen LogP) is 5.42. The standard InChI is InChI=1S/C17H35N/c1-16-12-10-8-6-4-2-3-5-7-9-11-13-17(18)15-14-16/h16-17H,2-15,18H2,1H3. The second kappa shape index (κ2) is 10.8. The zero-order valence-corrected chi connectivity index (χ0v) is 12.6. The molecule has 18 heavy (non-hydrogen) atoms. The average molecular weight is 253 g/mol. The maximum absolute atomic E-state index is 6.20. The van der Waals surface area contributed by atoms with Crippen molar-refractivity contribution in [3.05, 3.63) is 0 Å². The maximum atomic E-state index is 6.20. The van der Waals surface area contributed by atoms with Gasteiger partial charge < -0.3 is 5.73 Å². The Morgan fingerprint density at radius 2 is 1.00 bits per heavy atom. The topological polar surface area (TPSA) is 26.0 Å². The zero-order valence-electron chi connectivity index (χ0n) is 12.6. The third-order valence-electron chi connectivity index (χ3n) is 4.55. The third-order valence-corrected chi connectivity index (χ3v) is 4.55. The highest BCUT2D eigenvalue weighted by atomic mass is 14.6. The minimum absolute atomic E-state index is 0.473. The molecule has 1 rings (SSSR count). The van der Waals surface area contributed by atoms with Gasteiger partial charge in [-0.1, -0.05) is 77.6 Å². The van der Waals surface area contributed by atoms with Gasteiger partial charge in [0.2, 0.25) is 0 Å². The molecule has 0 spiro atoms. The van der Waals surface area contributed by atoms with Gasteiger partial charge >= 0.3 is 0 Å². The van der Waals surface area contributed by atoms with Crippen LogP contribution in [0.2, 0.25) is 0 Å². The van der Waals surface area contributed by atoms with E-state index in [0.29, 0.717) is 6.04 Å². The van der Waals surface area contributed by atoms with Crippen LogP contribution in [0.25, 0.3) is 0 Å². The van der Waals surface area contributed by atoms with E-state index in [1.54, 1.807) is 0 Å². The molecule has 2 atom stereocenters. The van der Waals surface area contributed by atoms with Crippen LogP contribution < -0.4 is 5.73 Å². The van der Waals surface area contributed by atoms with Crippen molar-refractivity contribution in [1.82, 2.24) is 0 Å². The van der Waals surface area contributed by atoms with Gasteiger partial charge in [-0.3, -0.25) is 0 Å². The Labute approximate surface area is 115 Å². The number of hydrogen-bond donors (Lipinski definition) is 1. The SMILES string of the molecule is CC1CCCCCCCCCCCCC(N)CC1. The van der Waals surface area contributed by atoms with Crippen LogP contribution >= 0.6 is 0 Å². The summed E-state index contributed by atoms with van der Waals surface area (Å²) in [6.45, 7) is 2.41. The molecule has 2 unspecified atom stereocenters. The van der Waals surface area contributed by atoms with E-state index in [1.165, 1.54) is 89.9 Å². The Balaban J connectivity index is 2.19. The van der Waals surface area contributed by atoms with E-state index in [-0.39, 0.29) is 0 Å². The van der Waals surface area contributed by atoms with Crippen molar-refractivity contribution >= 4 is 0 Å². The van der Waals surface area contributed by atoms with Gasteiger partial charge in [0, 0.05) is 6.04 Å². The summed E-state index contributed by atoms with van der Waals surface area (Å²) >= 11 is 0. The molecule has 0 heterocycles. The molecule has 0 bridgehead atoms. The van der Waals surface area contributed by atoms with Crippen LogP contribution in [0, 0.1) is 5.92 Å². The lowest BCUT2D eigenvalue weighted by Crippen LogP contribution is -2.20. The van der Waals surface area contributed by atoms with Crippen molar-refractivity contribution in [2.75, 3.05) is 0 Å². The van der Waals surface area contributed by atoms with Gasteiger partial charge in [0.15, 0.2) is 0 Å². The van der Waals surface area contributed by atoms with Crippen LogP contribution in [0.5, 0.6) is 0 Å². The lowest BCUT2D eigenvalue weighted by Gasteiger charge is -2.16. The van der Waals surface area contributed by atoms with Crippen molar-refractivity contribution in [3.8, 4) is 0 Å². The Morgan fingerprint density at radius 3 is 1.56 bits per heavy atom. The van der Waals surface area contributed by atoms with E-state index < -0.39 is 0 Å². The molecule has 0 aliphatic heterocycles. The second-order valence-electron chi connectivity index (χ2n) is 6.56. The molecule has 2 N–H and O–H groups in total. The molecular formula is C17H35N. The molecule has 1 aliphatic carbocycles. The number of hydrogen-bond acceptors (Lipinski definition) is 1. The lowest BCUT2D eigenvalue weighted by molar-refractivity contribution is 0.404. The van der Waals surface area contributed by atoms with Gasteiger partial charge in [0.1, 0.15) is 0 Å². The summed E-state index contributed by atoms with van der Waals surface area (Å²) in [5, 5.41) is 0. The van der Waals surface area contributed by atoms with Gasteiger partial charge in [0.05, 0.1) is 0 Å². The molecule has 0 amide bonds. The average Bonchev–Trinajstić information content (AvgIpc) is 2.36. The quantitative estimate of drug-likeness (QED) is 0.612. The van der Waals surface area contributed by atoms with Crippen LogP contribution in [0.15, 0.2) is 0 Å². The fraction of sp³-hybridized carbons (Fsp3) is 1.00. The van der Waals surface area contributed by atoms with Crippen LogP contribution in [0.3, 0.4) is 0 Å². The monoisotopic (exact) mass is 253 g/mol. The first-order valence-electron chi connectivity index (χ1n) is 8.54. The summed E-state index contributed by atoms with van der Waals surface area (Å²) in [6.07, 6.45) is 19.7. The van der Waals surface area contributed by atoms with Gasteiger partial charge in [-0.2, -0.15) is 0 Å². The first-order valence-corrected chi connectivity index (χ1v) is 8.54. The predicted molar refractivity (Wildman–Crippen MR) is 81.8 cm³/mol. The van der Waals surface area contributed by atoms with E-state index >= 15 is 0 Å². The smallest absolute Gasteiger partial charge is 0.00389 e. The Kier molecular flexibility index (Phi) is 9.65. The Hall–Kier alpha value is -0.0400. The Bertz CT molecular complexity index is 158. The molecule has 1 fully saturated rings. The van der Waals surface area contributed by atoms with Crippen LogP contribution in [0.1, 0.15) is 96.8 Å². The summed E-state index contributed by atoms with van der Waals surface area (Å²) in [5.74, 6) is 0.893. The molecule has 0 radical (unpaired) electrons. The molecule has 108 valence electrons. The molecule has 1 nitrogen and oxygen atoms in total. The van der Waals surface area contributed by atoms with Crippen molar-refractivity contribution < 1.29 is 0 Å². The molecule has 0 aromatic heterocycles. The highest BCUT2D eigenvalue weighted by molar-refractivity contribution is 4.65. The van der Waals surface area contributed by atoms with E-state index in [2.05, 4.69) is 6.92 Å². The van der Waals surface area contributed by atoms with Crippen molar-refractivity contribution in [3.63, 3.8) is 0 Å². The van der Waals surface area contributed by atoms with Gasteiger partial charge in [-0.15, -0.1) is 0 Å². The first-order chi connectivity index (χ1) is 8.79. The number of rotatable bonds is 0. The molecule has 0 aromatic carbocycles. The van der Waals surface area contributed by atoms with Crippen LogP contribution in [0.4, 0.5) is 0 Å². The second-order valence-corrected chi connectivity index (χ2v) is 6.56. The summed E-state index contributed by atoms with van der Waals surface area (Å²) in [4.78, 5) is 0. The zero-order chi connectivity index (χ0) is 13.1. The minimum Gasteiger partial charge on any atom is -0.328 e. The molecule has 1 aliphatic rings. The lowest BCUT2D eigenvalue weighted by atomic mass is 9.93. The largest absolute Gasteiger partial charge is 0.328 e. The molecule has 0 saturated heterocycles. The molecule has 1 saturated carbocycles. The summed E-state index contributed by atoms with van der Waals surface area (Å²) in [7, 11) is 0. The van der Waals surface area contributed by atoms with Gasteiger partial charge in [0.25, 0.3) is 0 Å². The van der Waals surface area contributed by atoms with Crippen LogP contribution in [-0.2, 0) is 0 Å². The third kappa shape index (κ3) is 8.97. The number of nitrogens with two attached hydrogens (primary N) is 1. The Morgan fingerprint density at radius 1 is 0.556 bits per heavy atom. The molecular weight excluding hydrogens is 218 g/mol. The molecule has 0 aromatic rings. The minimum atomic E-state index is 0.473. The fourth-order valence-corrected chi connectivity index (χ4v) is 3.10. The summed E-state index contributed by atoms with van der Waals surface area (Å²) in [6, 6.07) is 0.473. The van der Waals surface area contributed by atoms with E-state index in [4.69, 9.17) is 5.73 Å². The normalized spacial score (nSPS) is 31.0. The maximum Gasteiger partial charge on any atom is 0.00389 e. The van der Waals surface area contributed by atoms with E-state index in [0.717, 1.165) is 5.92 Å². The van der Waals surface area contributed by atoms with Gasteiger partial charge in [-0.05, 0) is 25.2 Å². The van der Waals surface area contributed by atoms with Crippen molar-refractivity contribution in [2.24, 2.45) is 11.7 Å².